The fraction of sp³-hybridized carbons (Fsp3) is 0.179. The molecule has 1 atom stereocenters. The molecule has 0 saturated carbocycles. The number of carbonyl (C=O) groups is 4. The van der Waals surface area contributed by atoms with E-state index in [1.54, 1.807) is 53.5 Å². The number of para-hydroxylation sites is 2. The smallest absolute Gasteiger partial charge is 0.411 e. The second-order valence-electron chi connectivity index (χ2n) is 10.9. The molecule has 3 amide bonds. The molecule has 1 saturated heterocycles. The first-order valence-corrected chi connectivity index (χ1v) is 16.0. The Morgan fingerprint density at radius 3 is 1.64 bits per heavy atom. The van der Waals surface area contributed by atoms with E-state index in [0.29, 0.717) is 17.8 Å². The number of carbonyl (C=O) groups excluding carboxylic acids is 3. The molecule has 50 heavy (non-hydrogen) atoms. The first kappa shape index (κ1) is 36.6. The molecule has 0 aliphatic carbocycles. The fourth-order valence-electron chi connectivity index (χ4n) is 5.04. The zero-order valence-electron chi connectivity index (χ0n) is 27.3. The molecule has 258 valence electrons. The van der Waals surface area contributed by atoms with Crippen LogP contribution >= 0.6 is 0 Å². The molecule has 1 aliphatic heterocycles. The number of aliphatic hydroxyl groups is 1. The van der Waals surface area contributed by atoms with Gasteiger partial charge >= 0.3 is 18.2 Å². The summed E-state index contributed by atoms with van der Waals surface area (Å²) in [5.74, 6) is -1.31. The number of anilines is 2. The predicted octanol–water partition coefficient (Wildman–Crippen LogP) is 7.19. The van der Waals surface area contributed by atoms with Gasteiger partial charge in [0.05, 0.1) is 35.2 Å². The van der Waals surface area contributed by atoms with Gasteiger partial charge in [0, 0.05) is 6.54 Å². The highest BCUT2D eigenvalue weighted by Gasteiger charge is 2.30. The Morgan fingerprint density at radius 2 is 1.14 bits per heavy atom. The summed E-state index contributed by atoms with van der Waals surface area (Å²) in [4.78, 5) is 49.3. The van der Waals surface area contributed by atoms with Crippen LogP contribution in [0.15, 0.2) is 121 Å². The second-order valence-corrected chi connectivity index (χ2v) is 10.9. The van der Waals surface area contributed by atoms with Crippen molar-refractivity contribution in [1.82, 2.24) is 4.90 Å². The number of ether oxygens (including phenoxy) is 2. The van der Waals surface area contributed by atoms with Crippen LogP contribution < -0.4 is 10.6 Å². The highest BCUT2D eigenvalue weighted by molar-refractivity contribution is 6.03. The number of benzene rings is 4. The van der Waals surface area contributed by atoms with E-state index in [4.69, 9.17) is 14.6 Å². The standard InChI is InChI=1S/C22H24N2O4.C17H15NO4/c25-16-18-11-6-14-24(18)21(26)19-12-4-5-13-20(19)23-22(27)28-15-7-10-17-8-2-1-3-9-17;19-16(20)14-10-4-5-11-15(14)18-17(21)22-12-6-9-13-7-2-1-3-8-13/h1-5,7-10,12-13,18,25H,6,11,14-16H2,(H,23,27);1-11H,12H2,(H,18,21)(H,19,20)/b10-7+;9-6+/t18-;/m0./s1. The van der Waals surface area contributed by atoms with Gasteiger partial charge < -0.3 is 24.6 Å². The SMILES string of the molecule is O=C(Nc1ccccc1C(=O)N1CCC[C@H]1CO)OC/C=C/c1ccccc1.O=C(Nc1ccccc1C(=O)O)OC/C=C/c1ccccc1. The van der Waals surface area contributed by atoms with E-state index in [0.717, 1.165) is 24.0 Å². The van der Waals surface area contributed by atoms with Gasteiger partial charge in [-0.1, -0.05) is 97.1 Å². The molecule has 0 aromatic heterocycles. The van der Waals surface area contributed by atoms with Crippen molar-refractivity contribution in [3.8, 4) is 0 Å². The molecule has 1 heterocycles. The molecule has 0 spiro atoms. The van der Waals surface area contributed by atoms with E-state index in [1.165, 1.54) is 12.1 Å². The Balaban J connectivity index is 0.000000232. The maximum atomic E-state index is 12.8. The van der Waals surface area contributed by atoms with Gasteiger partial charge in [-0.05, 0) is 60.4 Å². The number of nitrogens with one attached hydrogen (secondary N) is 2. The highest BCUT2D eigenvalue weighted by atomic mass is 16.6. The molecule has 4 aromatic rings. The lowest BCUT2D eigenvalue weighted by molar-refractivity contribution is 0.0675. The first-order valence-electron chi connectivity index (χ1n) is 16.0. The van der Waals surface area contributed by atoms with Crippen LogP contribution in [0.3, 0.4) is 0 Å². The Bertz CT molecular complexity index is 1780. The Morgan fingerprint density at radius 1 is 0.680 bits per heavy atom. The number of aromatic carboxylic acids is 1. The first-order chi connectivity index (χ1) is 24.4. The number of carboxylic acid groups (broad SMARTS) is 1. The summed E-state index contributed by atoms with van der Waals surface area (Å²) in [6.45, 7) is 0.760. The van der Waals surface area contributed by atoms with Gasteiger partial charge in [-0.25, -0.2) is 14.4 Å². The maximum Gasteiger partial charge on any atom is 0.411 e. The number of nitrogens with zero attached hydrogens (tertiary/aromatic N) is 1. The summed E-state index contributed by atoms with van der Waals surface area (Å²) in [6.07, 6.45) is 7.48. The van der Waals surface area contributed by atoms with Crippen LogP contribution in [0, 0.1) is 0 Å². The van der Waals surface area contributed by atoms with Crippen molar-refractivity contribution >= 4 is 47.6 Å². The quantitative estimate of drug-likeness (QED) is 0.130. The Hall–Kier alpha value is -6.20. The third-order valence-corrected chi connectivity index (χ3v) is 7.48. The van der Waals surface area contributed by atoms with Crippen molar-refractivity contribution in [3.05, 3.63) is 144 Å². The van der Waals surface area contributed by atoms with Crippen molar-refractivity contribution in [2.24, 2.45) is 0 Å². The van der Waals surface area contributed by atoms with Gasteiger partial charge in [-0.2, -0.15) is 0 Å². The van der Waals surface area contributed by atoms with Crippen molar-refractivity contribution in [2.45, 2.75) is 18.9 Å². The number of aliphatic hydroxyl groups excluding tert-OH is 1. The van der Waals surface area contributed by atoms with Gasteiger partial charge in [0.2, 0.25) is 0 Å². The number of hydrogen-bond donors (Lipinski definition) is 4. The average molecular weight is 678 g/mol. The van der Waals surface area contributed by atoms with Crippen molar-refractivity contribution in [3.63, 3.8) is 0 Å². The number of carboxylic acids is 1. The molecule has 1 fully saturated rings. The van der Waals surface area contributed by atoms with Gasteiger partial charge in [0.1, 0.15) is 13.2 Å². The van der Waals surface area contributed by atoms with Gasteiger partial charge in [-0.15, -0.1) is 0 Å². The van der Waals surface area contributed by atoms with Crippen LogP contribution in [0.25, 0.3) is 12.2 Å². The summed E-state index contributed by atoms with van der Waals surface area (Å²) >= 11 is 0. The molecule has 4 N–H and O–H groups in total. The molecular formula is C39H39N3O8. The number of likely N-dealkylation sites (tertiary alicyclic amines) is 1. The van der Waals surface area contributed by atoms with Gasteiger partial charge in [0.15, 0.2) is 0 Å². The fourth-order valence-corrected chi connectivity index (χ4v) is 5.04. The molecule has 4 aromatic carbocycles. The Labute approximate surface area is 290 Å². The molecular weight excluding hydrogens is 638 g/mol. The summed E-state index contributed by atoms with van der Waals surface area (Å²) < 4.78 is 10.1. The lowest BCUT2D eigenvalue weighted by Crippen LogP contribution is -2.38. The average Bonchev–Trinajstić information content (AvgIpc) is 3.62. The lowest BCUT2D eigenvalue weighted by Gasteiger charge is -2.24. The molecule has 0 unspecified atom stereocenters. The van der Waals surface area contributed by atoms with Crippen LogP contribution in [0.1, 0.15) is 44.7 Å². The van der Waals surface area contributed by atoms with Gasteiger partial charge in [0.25, 0.3) is 5.91 Å². The zero-order chi connectivity index (χ0) is 35.6. The zero-order valence-corrected chi connectivity index (χ0v) is 27.3. The van der Waals surface area contributed by atoms with Crippen molar-refractivity contribution in [1.29, 1.82) is 0 Å². The minimum Gasteiger partial charge on any atom is -0.478 e. The summed E-state index contributed by atoms with van der Waals surface area (Å²) in [5.41, 5.74) is 3.02. The van der Waals surface area contributed by atoms with E-state index in [2.05, 4.69) is 10.6 Å². The minimum atomic E-state index is -1.11. The lowest BCUT2D eigenvalue weighted by atomic mass is 10.1. The molecule has 5 rings (SSSR count). The highest BCUT2D eigenvalue weighted by Crippen LogP contribution is 2.24. The molecule has 1 aliphatic rings. The topological polar surface area (TPSA) is 154 Å². The number of rotatable bonds is 11. The molecule has 11 heteroatoms. The number of amides is 3. The van der Waals surface area contributed by atoms with Crippen LogP contribution in [-0.4, -0.2) is 71.6 Å². The largest absolute Gasteiger partial charge is 0.478 e. The summed E-state index contributed by atoms with van der Waals surface area (Å²) in [7, 11) is 0. The van der Waals surface area contributed by atoms with E-state index < -0.39 is 18.2 Å². The Kier molecular flexibility index (Phi) is 14.3. The normalized spacial score (nSPS) is 13.7. The molecule has 0 radical (unpaired) electrons. The van der Waals surface area contributed by atoms with Crippen LogP contribution in [0.5, 0.6) is 0 Å². The molecule has 11 nitrogen and oxygen atoms in total. The molecule has 0 bridgehead atoms. The van der Waals surface area contributed by atoms with Crippen molar-refractivity contribution in [2.75, 3.05) is 37.0 Å². The third kappa shape index (κ3) is 11.5. The van der Waals surface area contributed by atoms with Crippen LogP contribution in [-0.2, 0) is 9.47 Å². The van der Waals surface area contributed by atoms with E-state index >= 15 is 0 Å². The maximum absolute atomic E-state index is 12.8. The third-order valence-electron chi connectivity index (χ3n) is 7.48. The van der Waals surface area contributed by atoms with E-state index in [1.807, 2.05) is 72.8 Å². The second kappa shape index (κ2) is 19.6. The monoisotopic (exact) mass is 677 g/mol. The van der Waals surface area contributed by atoms with Gasteiger partial charge in [-0.3, -0.25) is 15.4 Å². The predicted molar refractivity (Wildman–Crippen MR) is 192 cm³/mol. The summed E-state index contributed by atoms with van der Waals surface area (Å²) in [6, 6.07) is 32.1. The van der Waals surface area contributed by atoms with Crippen LogP contribution in [0.2, 0.25) is 0 Å². The van der Waals surface area contributed by atoms with E-state index in [-0.39, 0.29) is 43.0 Å². The number of hydrogen-bond acceptors (Lipinski definition) is 7. The minimum absolute atomic E-state index is 0.0132. The van der Waals surface area contributed by atoms with E-state index in [9.17, 15) is 24.3 Å². The summed E-state index contributed by atoms with van der Waals surface area (Å²) in [5, 5.41) is 23.5. The van der Waals surface area contributed by atoms with Crippen molar-refractivity contribution < 1.29 is 38.9 Å². The van der Waals surface area contributed by atoms with Crippen LogP contribution in [0.4, 0.5) is 21.0 Å².